The zero-order valence-corrected chi connectivity index (χ0v) is 12.3. The Labute approximate surface area is 119 Å². The first-order valence-corrected chi connectivity index (χ1v) is 7.09. The van der Waals surface area contributed by atoms with Gasteiger partial charge in [0.25, 0.3) is 0 Å². The summed E-state index contributed by atoms with van der Waals surface area (Å²) in [7, 11) is 0. The molecule has 1 heterocycles. The van der Waals surface area contributed by atoms with Crippen LogP contribution in [0.5, 0.6) is 0 Å². The average Bonchev–Trinajstić information content (AvgIpc) is 2.73. The first kappa shape index (κ1) is 16.9. The first-order valence-electron chi connectivity index (χ1n) is 7.09. The summed E-state index contributed by atoms with van der Waals surface area (Å²) in [6.07, 6.45) is 2.61. The Kier molecular flexibility index (Phi) is 6.38. The van der Waals surface area contributed by atoms with Crippen molar-refractivity contribution >= 4 is 11.8 Å². The molecular weight excluding hydrogens is 262 g/mol. The number of hydrogen-bond donors (Lipinski definition) is 2. The Morgan fingerprint density at radius 3 is 2.15 bits per heavy atom. The lowest BCUT2D eigenvalue weighted by Crippen LogP contribution is -2.57. The summed E-state index contributed by atoms with van der Waals surface area (Å²) >= 11 is 0. The minimum atomic E-state index is -1.07. The van der Waals surface area contributed by atoms with Crippen molar-refractivity contribution in [2.24, 2.45) is 11.5 Å². The molecule has 0 saturated carbocycles. The van der Waals surface area contributed by atoms with E-state index in [4.69, 9.17) is 20.9 Å². The van der Waals surface area contributed by atoms with E-state index in [1.54, 1.807) is 4.90 Å². The average molecular weight is 287 g/mol. The second-order valence-electron chi connectivity index (χ2n) is 4.96. The summed E-state index contributed by atoms with van der Waals surface area (Å²) < 4.78 is 11.6. The monoisotopic (exact) mass is 287 g/mol. The minimum Gasteiger partial charge on any atom is -0.369 e. The highest BCUT2D eigenvalue weighted by Crippen LogP contribution is 2.36. The quantitative estimate of drug-likeness (QED) is 0.577. The number of nitrogens with two attached hydrogens (primary N) is 2. The number of carbonyl (C=O) groups excluding carboxylic acids is 2. The van der Waals surface area contributed by atoms with E-state index < -0.39 is 23.8 Å². The molecule has 0 spiro atoms. The highest BCUT2D eigenvalue weighted by atomic mass is 16.7. The van der Waals surface area contributed by atoms with Crippen molar-refractivity contribution in [2.45, 2.75) is 51.5 Å². The van der Waals surface area contributed by atoms with Crippen LogP contribution >= 0.6 is 0 Å². The molecule has 0 aromatic carbocycles. The third kappa shape index (κ3) is 3.91. The Hall–Kier alpha value is -1.18. The van der Waals surface area contributed by atoms with Crippen LogP contribution < -0.4 is 11.5 Å². The zero-order valence-electron chi connectivity index (χ0n) is 12.3. The van der Waals surface area contributed by atoms with Gasteiger partial charge < -0.3 is 20.9 Å². The maximum absolute atomic E-state index is 11.5. The first-order chi connectivity index (χ1) is 9.46. The standard InChI is InChI=1S/C13H25N3O4/c1-3-7-19-13(20-8-4-2)6-5-10(12(15)18)16(13)9-11(14)17/h10H,3-9H2,1-2H3,(H2,14,17)(H2,15,18)/t10-/m0/s1. The summed E-state index contributed by atoms with van der Waals surface area (Å²) in [5.74, 6) is -2.10. The van der Waals surface area contributed by atoms with E-state index in [2.05, 4.69) is 0 Å². The molecule has 7 heteroatoms. The van der Waals surface area contributed by atoms with Crippen molar-refractivity contribution in [2.75, 3.05) is 19.8 Å². The van der Waals surface area contributed by atoms with Crippen LogP contribution in [-0.2, 0) is 19.1 Å². The Balaban J connectivity index is 2.96. The normalized spacial score (nSPS) is 22.0. The van der Waals surface area contributed by atoms with Crippen LogP contribution in [0.3, 0.4) is 0 Å². The molecule has 0 radical (unpaired) electrons. The Bertz CT molecular complexity index is 341. The molecule has 0 bridgehead atoms. The largest absolute Gasteiger partial charge is 0.369 e. The molecule has 0 aromatic heterocycles. The predicted octanol–water partition coefficient (Wildman–Crippen LogP) is -0.0716. The van der Waals surface area contributed by atoms with Crippen molar-refractivity contribution in [3.05, 3.63) is 0 Å². The Morgan fingerprint density at radius 1 is 1.20 bits per heavy atom. The van der Waals surface area contributed by atoms with Crippen LogP contribution in [0.4, 0.5) is 0 Å². The third-order valence-corrected chi connectivity index (χ3v) is 3.27. The van der Waals surface area contributed by atoms with E-state index in [9.17, 15) is 9.59 Å². The lowest BCUT2D eigenvalue weighted by atomic mass is 10.2. The maximum atomic E-state index is 11.5. The molecule has 1 saturated heterocycles. The van der Waals surface area contributed by atoms with Gasteiger partial charge in [-0.25, -0.2) is 4.90 Å². The maximum Gasteiger partial charge on any atom is 0.234 e. The predicted molar refractivity (Wildman–Crippen MR) is 73.3 cm³/mol. The number of nitrogens with zero attached hydrogens (tertiary/aromatic N) is 1. The van der Waals surface area contributed by atoms with Crippen LogP contribution in [0.25, 0.3) is 0 Å². The molecule has 1 fully saturated rings. The zero-order chi connectivity index (χ0) is 15.2. The molecule has 1 aliphatic rings. The van der Waals surface area contributed by atoms with E-state index in [1.165, 1.54) is 0 Å². The molecule has 0 unspecified atom stereocenters. The summed E-state index contributed by atoms with van der Waals surface area (Å²) in [6.45, 7) is 4.80. The van der Waals surface area contributed by atoms with Gasteiger partial charge in [0.2, 0.25) is 17.7 Å². The highest BCUT2D eigenvalue weighted by Gasteiger charge is 2.51. The lowest BCUT2D eigenvalue weighted by Gasteiger charge is -2.38. The molecule has 1 atom stereocenters. The summed E-state index contributed by atoms with van der Waals surface area (Å²) in [5, 5.41) is 0. The van der Waals surface area contributed by atoms with Gasteiger partial charge in [-0.05, 0) is 19.3 Å². The number of rotatable bonds is 9. The van der Waals surface area contributed by atoms with E-state index in [1.807, 2.05) is 13.8 Å². The number of carbonyl (C=O) groups is 2. The molecular formula is C13H25N3O4. The van der Waals surface area contributed by atoms with Crippen molar-refractivity contribution in [3.63, 3.8) is 0 Å². The molecule has 0 aromatic rings. The summed E-state index contributed by atoms with van der Waals surface area (Å²) in [4.78, 5) is 24.4. The fourth-order valence-corrected chi connectivity index (χ4v) is 2.43. The van der Waals surface area contributed by atoms with Crippen LogP contribution in [0.15, 0.2) is 0 Å². The molecule has 7 nitrogen and oxygen atoms in total. The van der Waals surface area contributed by atoms with Crippen LogP contribution in [0, 0.1) is 0 Å². The third-order valence-electron chi connectivity index (χ3n) is 3.27. The number of hydrogen-bond acceptors (Lipinski definition) is 5. The molecule has 1 rings (SSSR count). The van der Waals surface area contributed by atoms with Gasteiger partial charge in [0, 0.05) is 6.42 Å². The van der Waals surface area contributed by atoms with Gasteiger partial charge in [-0.15, -0.1) is 0 Å². The van der Waals surface area contributed by atoms with Crippen LogP contribution in [0.1, 0.15) is 39.5 Å². The molecule has 2 amide bonds. The van der Waals surface area contributed by atoms with Crippen molar-refractivity contribution in [3.8, 4) is 0 Å². The van der Waals surface area contributed by atoms with E-state index >= 15 is 0 Å². The van der Waals surface area contributed by atoms with Gasteiger partial charge in [0.1, 0.15) is 0 Å². The van der Waals surface area contributed by atoms with Crippen LogP contribution in [-0.4, -0.2) is 48.4 Å². The van der Waals surface area contributed by atoms with E-state index in [0.29, 0.717) is 26.1 Å². The topological polar surface area (TPSA) is 108 Å². The van der Waals surface area contributed by atoms with Crippen molar-refractivity contribution < 1.29 is 19.1 Å². The Morgan fingerprint density at radius 2 is 1.75 bits per heavy atom. The molecule has 4 N–H and O–H groups in total. The fourth-order valence-electron chi connectivity index (χ4n) is 2.43. The van der Waals surface area contributed by atoms with Gasteiger partial charge >= 0.3 is 0 Å². The van der Waals surface area contributed by atoms with Crippen LogP contribution in [0.2, 0.25) is 0 Å². The molecule has 1 aliphatic heterocycles. The minimum absolute atomic E-state index is 0.110. The summed E-state index contributed by atoms with van der Waals surface area (Å²) in [6, 6.07) is -0.587. The van der Waals surface area contributed by atoms with Gasteiger partial charge in [0.15, 0.2) is 0 Å². The van der Waals surface area contributed by atoms with E-state index in [-0.39, 0.29) is 6.54 Å². The molecule has 20 heavy (non-hydrogen) atoms. The SMILES string of the molecule is CCCOC1(OCCC)CC[C@@H](C(N)=O)N1CC(N)=O. The number of likely N-dealkylation sites (tertiary alicyclic amines) is 1. The molecule has 0 aliphatic carbocycles. The highest BCUT2D eigenvalue weighted by molar-refractivity contribution is 5.82. The van der Waals surface area contributed by atoms with Gasteiger partial charge in [-0.2, -0.15) is 0 Å². The molecule has 116 valence electrons. The van der Waals surface area contributed by atoms with Gasteiger partial charge in [-0.1, -0.05) is 13.8 Å². The fraction of sp³-hybridized carbons (Fsp3) is 0.846. The lowest BCUT2D eigenvalue weighted by molar-refractivity contribution is -0.305. The smallest absolute Gasteiger partial charge is 0.234 e. The second-order valence-corrected chi connectivity index (χ2v) is 4.96. The number of ether oxygens (including phenoxy) is 2. The van der Waals surface area contributed by atoms with Gasteiger partial charge in [-0.3, -0.25) is 9.59 Å². The van der Waals surface area contributed by atoms with Gasteiger partial charge in [0.05, 0.1) is 25.8 Å². The number of primary amides is 2. The summed E-state index contributed by atoms with van der Waals surface area (Å²) in [5.41, 5.74) is 10.7. The number of amides is 2. The van der Waals surface area contributed by atoms with E-state index in [0.717, 1.165) is 12.8 Å². The van der Waals surface area contributed by atoms with Crippen molar-refractivity contribution in [1.29, 1.82) is 0 Å². The van der Waals surface area contributed by atoms with Crippen molar-refractivity contribution in [1.82, 2.24) is 4.90 Å². The second kappa shape index (κ2) is 7.56.